The van der Waals surface area contributed by atoms with Gasteiger partial charge < -0.3 is 0 Å². The van der Waals surface area contributed by atoms with Crippen molar-refractivity contribution >= 4 is 58.7 Å². The molecular formula is CH5BiBr2. The fourth-order valence-electron chi connectivity index (χ4n) is 0. The van der Waals surface area contributed by atoms with Crippen molar-refractivity contribution in [3.8, 4) is 0 Å². The SMILES string of the molecule is Br.Br.[CH3][Bi]. The van der Waals surface area contributed by atoms with E-state index in [4.69, 9.17) is 0 Å². The Morgan fingerprint density at radius 3 is 1.00 bits per heavy atom. The van der Waals surface area contributed by atoms with Crippen molar-refractivity contribution in [1.29, 1.82) is 0 Å². The average molecular weight is 386 g/mol. The van der Waals surface area contributed by atoms with Crippen LogP contribution >= 0.6 is 34.0 Å². The van der Waals surface area contributed by atoms with Crippen LogP contribution in [0, 0.1) is 0 Å². The number of halogens is 2. The Morgan fingerprint density at radius 2 is 1.00 bits per heavy atom. The molecule has 2 radical (unpaired) electrons. The molecule has 0 heterocycles. The van der Waals surface area contributed by atoms with Crippen molar-refractivity contribution in [1.82, 2.24) is 0 Å². The van der Waals surface area contributed by atoms with Gasteiger partial charge in [0.05, 0.1) is 0 Å². The van der Waals surface area contributed by atoms with Gasteiger partial charge in [-0.1, -0.05) is 0 Å². The van der Waals surface area contributed by atoms with Gasteiger partial charge >= 0.3 is 29.4 Å². The Bertz CT molecular complexity index is 6.00. The van der Waals surface area contributed by atoms with E-state index in [-0.39, 0.29) is 34.0 Å². The molecular weight excluding hydrogens is 381 g/mol. The van der Waals surface area contributed by atoms with E-state index in [0.717, 1.165) is 0 Å². The van der Waals surface area contributed by atoms with Crippen molar-refractivity contribution in [3.63, 3.8) is 0 Å². The van der Waals surface area contributed by atoms with Gasteiger partial charge in [-0.2, -0.15) is 0 Å². The Kier molecular flexibility index (Phi) is 89.3. The zero-order chi connectivity index (χ0) is 2.00. The summed E-state index contributed by atoms with van der Waals surface area (Å²) in [4.78, 5) is 0. The molecule has 0 fully saturated rings. The second-order valence-electron chi connectivity index (χ2n) is 0. The summed E-state index contributed by atoms with van der Waals surface area (Å²) < 4.78 is 2.11. The second-order valence-corrected chi connectivity index (χ2v) is 0. The molecule has 0 aromatic heterocycles. The standard InChI is InChI=1S/CH3.Bi.2BrH/h1H3;;2*1H. The predicted molar refractivity (Wildman–Crippen MR) is 32.3 cm³/mol. The van der Waals surface area contributed by atoms with Crippen molar-refractivity contribution in [2.24, 2.45) is 0 Å². The van der Waals surface area contributed by atoms with Gasteiger partial charge in [0.15, 0.2) is 0 Å². The summed E-state index contributed by atoms with van der Waals surface area (Å²) in [5.74, 6) is 0. The van der Waals surface area contributed by atoms with Crippen LogP contribution in [-0.2, 0) is 0 Å². The fourth-order valence-corrected chi connectivity index (χ4v) is 0. The minimum absolute atomic E-state index is 0. The Hall–Kier alpha value is 1.84. The molecule has 0 aliphatic carbocycles. The molecule has 0 amide bonds. The minimum atomic E-state index is 0. The summed E-state index contributed by atoms with van der Waals surface area (Å²) in [6.07, 6.45) is 0. The molecule has 0 rings (SSSR count). The molecule has 28 valence electrons. The molecule has 0 aromatic rings. The zero-order valence-corrected chi connectivity index (χ0v) is 9.17. The molecule has 0 bridgehead atoms. The van der Waals surface area contributed by atoms with E-state index in [9.17, 15) is 0 Å². The summed E-state index contributed by atoms with van der Waals surface area (Å²) in [5.41, 5.74) is 0. The van der Waals surface area contributed by atoms with Crippen molar-refractivity contribution in [2.45, 2.75) is 4.63 Å². The third-order valence-electron chi connectivity index (χ3n) is 0. The van der Waals surface area contributed by atoms with Crippen LogP contribution in [0.3, 0.4) is 0 Å². The van der Waals surface area contributed by atoms with Gasteiger partial charge in [0.2, 0.25) is 0 Å². The quantitative estimate of drug-likeness (QED) is 0.552. The van der Waals surface area contributed by atoms with Crippen LogP contribution in [0.25, 0.3) is 0 Å². The Labute approximate surface area is 62.7 Å². The van der Waals surface area contributed by atoms with Crippen LogP contribution in [0.4, 0.5) is 0 Å². The first-order valence-electron chi connectivity index (χ1n) is 0.447. The normalized spacial score (nSPS) is 1.50. The van der Waals surface area contributed by atoms with E-state index in [1.165, 1.54) is 24.7 Å². The van der Waals surface area contributed by atoms with E-state index >= 15 is 0 Å². The average Bonchev–Trinajstić information content (AvgIpc) is 1.00. The van der Waals surface area contributed by atoms with Crippen LogP contribution in [-0.4, -0.2) is 24.7 Å². The molecule has 0 saturated heterocycles. The van der Waals surface area contributed by atoms with Crippen molar-refractivity contribution < 1.29 is 0 Å². The second kappa shape index (κ2) is 21.1. The molecule has 4 heavy (non-hydrogen) atoms. The van der Waals surface area contributed by atoms with Crippen LogP contribution in [0.1, 0.15) is 0 Å². The van der Waals surface area contributed by atoms with E-state index in [1.54, 1.807) is 0 Å². The first kappa shape index (κ1) is 17.0. The molecule has 0 aliphatic heterocycles. The zero-order valence-electron chi connectivity index (χ0n) is 2.26. The maximum atomic E-state index is 2.11. The molecule has 3 heteroatoms. The van der Waals surface area contributed by atoms with Crippen LogP contribution in [0.5, 0.6) is 0 Å². The van der Waals surface area contributed by atoms with Crippen molar-refractivity contribution in [2.75, 3.05) is 0 Å². The van der Waals surface area contributed by atoms with E-state index in [1.807, 2.05) is 0 Å². The van der Waals surface area contributed by atoms with Gasteiger partial charge in [0.1, 0.15) is 0 Å². The topological polar surface area (TPSA) is 0 Å². The summed E-state index contributed by atoms with van der Waals surface area (Å²) in [6, 6.07) is 0. The summed E-state index contributed by atoms with van der Waals surface area (Å²) in [5, 5.41) is 0. The third kappa shape index (κ3) is 9.14. The monoisotopic (exact) mass is 384 g/mol. The first-order chi connectivity index (χ1) is 1.00. The van der Waals surface area contributed by atoms with Crippen LogP contribution in [0.15, 0.2) is 0 Å². The summed E-state index contributed by atoms with van der Waals surface area (Å²) in [6.45, 7) is 0. The third-order valence-corrected chi connectivity index (χ3v) is 0. The van der Waals surface area contributed by atoms with Gasteiger partial charge in [0, 0.05) is 0 Å². The van der Waals surface area contributed by atoms with E-state index < -0.39 is 0 Å². The first-order valence-corrected chi connectivity index (χ1v) is 3.92. The van der Waals surface area contributed by atoms with Crippen molar-refractivity contribution in [3.05, 3.63) is 0 Å². The molecule has 0 aromatic carbocycles. The Balaban J connectivity index is -0.00000000500. The number of hydrogen-bond donors (Lipinski definition) is 0. The maximum absolute atomic E-state index is 2.11. The molecule has 0 aliphatic rings. The van der Waals surface area contributed by atoms with Crippen LogP contribution < -0.4 is 0 Å². The Morgan fingerprint density at radius 1 is 1.00 bits per heavy atom. The predicted octanol–water partition coefficient (Wildman–Crippen LogP) is 1.36. The fraction of sp³-hybridized carbons (Fsp3) is 1.00. The van der Waals surface area contributed by atoms with Gasteiger partial charge in [-0.05, 0) is 0 Å². The van der Waals surface area contributed by atoms with Crippen LogP contribution in [0.2, 0.25) is 4.63 Å². The van der Waals surface area contributed by atoms with Gasteiger partial charge in [-0.25, -0.2) is 0 Å². The van der Waals surface area contributed by atoms with Gasteiger partial charge in [-0.15, -0.1) is 34.0 Å². The summed E-state index contributed by atoms with van der Waals surface area (Å²) in [7, 11) is 0. The van der Waals surface area contributed by atoms with Gasteiger partial charge in [-0.3, -0.25) is 0 Å². The van der Waals surface area contributed by atoms with E-state index in [2.05, 4.69) is 4.63 Å². The number of rotatable bonds is 0. The van der Waals surface area contributed by atoms with Gasteiger partial charge in [0.25, 0.3) is 0 Å². The molecule has 0 nitrogen and oxygen atoms in total. The molecule has 0 spiro atoms. The summed E-state index contributed by atoms with van der Waals surface area (Å²) >= 11 is 1.44. The van der Waals surface area contributed by atoms with E-state index in [0.29, 0.717) is 0 Å². The number of hydrogen-bond acceptors (Lipinski definition) is 0. The molecule has 0 atom stereocenters. The molecule has 0 unspecified atom stereocenters. The molecule has 0 N–H and O–H groups in total. The molecule has 0 saturated carbocycles.